The molecule has 0 aliphatic carbocycles. The zero-order chi connectivity index (χ0) is 12.5. The van der Waals surface area contributed by atoms with Gasteiger partial charge in [-0.15, -0.1) is 12.4 Å². The maximum Gasteiger partial charge on any atom is 0.109 e. The second-order valence-corrected chi connectivity index (χ2v) is 6.66. The average molecular weight is 277 g/mol. The van der Waals surface area contributed by atoms with Gasteiger partial charge in [0.25, 0.3) is 0 Å². The Bertz CT molecular complexity index is 258. The van der Waals surface area contributed by atoms with Crippen LogP contribution in [0.15, 0.2) is 0 Å². The number of piperidine rings is 1. The van der Waals surface area contributed by atoms with Gasteiger partial charge < -0.3 is 9.64 Å². The lowest BCUT2D eigenvalue weighted by Gasteiger charge is -2.36. The standard InChI is InChI=1S/C14H28N2O.ClH/c1-11(2)16-7-5-6-12(9-16)8-13-15-14(3,4)10-17-13;/h11-13,15H,5-10H2,1-4H3;1H. The summed E-state index contributed by atoms with van der Waals surface area (Å²) in [4.78, 5) is 2.61. The van der Waals surface area contributed by atoms with Gasteiger partial charge in [-0.2, -0.15) is 0 Å². The highest BCUT2D eigenvalue weighted by molar-refractivity contribution is 5.85. The lowest BCUT2D eigenvalue weighted by atomic mass is 9.93. The first kappa shape index (κ1) is 16.2. The molecule has 0 aromatic heterocycles. The van der Waals surface area contributed by atoms with Crippen LogP contribution in [0.1, 0.15) is 47.0 Å². The number of halogens is 1. The number of rotatable bonds is 3. The lowest BCUT2D eigenvalue weighted by molar-refractivity contribution is 0.0536. The molecule has 0 bridgehead atoms. The van der Waals surface area contributed by atoms with Gasteiger partial charge in [0.2, 0.25) is 0 Å². The van der Waals surface area contributed by atoms with E-state index in [2.05, 4.69) is 37.9 Å². The molecule has 2 unspecified atom stereocenters. The van der Waals surface area contributed by atoms with E-state index in [1.807, 2.05) is 0 Å². The zero-order valence-electron chi connectivity index (χ0n) is 12.2. The van der Waals surface area contributed by atoms with Crippen LogP contribution in [0.2, 0.25) is 0 Å². The summed E-state index contributed by atoms with van der Waals surface area (Å²) in [5.41, 5.74) is 0.164. The number of ether oxygens (including phenoxy) is 1. The third-order valence-corrected chi connectivity index (χ3v) is 4.03. The minimum Gasteiger partial charge on any atom is -0.361 e. The Balaban J connectivity index is 0.00000162. The predicted molar refractivity (Wildman–Crippen MR) is 78.3 cm³/mol. The molecule has 1 N–H and O–H groups in total. The van der Waals surface area contributed by atoms with E-state index in [1.165, 1.54) is 32.4 Å². The van der Waals surface area contributed by atoms with Crippen LogP contribution in [0.25, 0.3) is 0 Å². The predicted octanol–water partition coefficient (Wildman–Crippen LogP) is 2.64. The van der Waals surface area contributed by atoms with Crippen molar-refractivity contribution in [2.24, 2.45) is 5.92 Å². The summed E-state index contributed by atoms with van der Waals surface area (Å²) in [5, 5.41) is 3.58. The molecular weight excluding hydrogens is 248 g/mol. The van der Waals surface area contributed by atoms with Gasteiger partial charge in [0, 0.05) is 18.1 Å². The van der Waals surface area contributed by atoms with Gasteiger partial charge >= 0.3 is 0 Å². The molecule has 2 aliphatic heterocycles. The van der Waals surface area contributed by atoms with Crippen LogP contribution in [0.3, 0.4) is 0 Å². The van der Waals surface area contributed by atoms with E-state index in [4.69, 9.17) is 4.74 Å². The Hall–Kier alpha value is 0.170. The molecule has 2 heterocycles. The summed E-state index contributed by atoms with van der Waals surface area (Å²) in [6.07, 6.45) is 4.17. The second kappa shape index (κ2) is 6.56. The number of hydrogen-bond donors (Lipinski definition) is 1. The van der Waals surface area contributed by atoms with Crippen LogP contribution in [-0.4, -0.2) is 42.4 Å². The molecule has 0 aromatic rings. The normalized spacial score (nSPS) is 32.5. The van der Waals surface area contributed by atoms with Gasteiger partial charge in [0.15, 0.2) is 0 Å². The van der Waals surface area contributed by atoms with Crippen molar-refractivity contribution in [3.8, 4) is 0 Å². The molecule has 108 valence electrons. The van der Waals surface area contributed by atoms with Gasteiger partial charge in [-0.1, -0.05) is 0 Å². The summed E-state index contributed by atoms with van der Waals surface area (Å²) in [6, 6.07) is 0.687. The summed E-state index contributed by atoms with van der Waals surface area (Å²) in [6.45, 7) is 12.4. The van der Waals surface area contributed by atoms with Crippen molar-refractivity contribution in [3.63, 3.8) is 0 Å². The average Bonchev–Trinajstić information content (AvgIpc) is 2.58. The monoisotopic (exact) mass is 276 g/mol. The molecule has 0 aromatic carbocycles. The molecule has 2 rings (SSSR count). The largest absolute Gasteiger partial charge is 0.361 e. The number of nitrogens with zero attached hydrogens (tertiary/aromatic N) is 1. The first-order valence-electron chi connectivity index (χ1n) is 7.09. The number of nitrogens with one attached hydrogen (secondary N) is 1. The molecule has 2 saturated heterocycles. The van der Waals surface area contributed by atoms with Crippen molar-refractivity contribution in [1.82, 2.24) is 10.2 Å². The third kappa shape index (κ3) is 4.37. The van der Waals surface area contributed by atoms with Crippen molar-refractivity contribution >= 4 is 12.4 Å². The van der Waals surface area contributed by atoms with Crippen LogP contribution in [0, 0.1) is 5.92 Å². The maximum absolute atomic E-state index is 5.84. The maximum atomic E-state index is 5.84. The summed E-state index contributed by atoms with van der Waals surface area (Å²) >= 11 is 0. The molecule has 0 saturated carbocycles. The van der Waals surface area contributed by atoms with Gasteiger partial charge in [-0.25, -0.2) is 0 Å². The Morgan fingerprint density at radius 3 is 2.67 bits per heavy atom. The molecular formula is C14H29ClN2O. The van der Waals surface area contributed by atoms with Crippen LogP contribution < -0.4 is 5.32 Å². The summed E-state index contributed by atoms with van der Waals surface area (Å²) < 4.78 is 5.84. The highest BCUT2D eigenvalue weighted by Gasteiger charge is 2.33. The van der Waals surface area contributed by atoms with Gasteiger partial charge in [-0.3, -0.25) is 5.32 Å². The molecule has 0 spiro atoms. The minimum absolute atomic E-state index is 0. The molecule has 2 atom stereocenters. The quantitative estimate of drug-likeness (QED) is 0.858. The van der Waals surface area contributed by atoms with E-state index >= 15 is 0 Å². The van der Waals surface area contributed by atoms with E-state index < -0.39 is 0 Å². The third-order valence-electron chi connectivity index (χ3n) is 4.03. The molecule has 4 heteroatoms. The van der Waals surface area contributed by atoms with Gasteiger partial charge in [-0.05, 0) is 59.4 Å². The van der Waals surface area contributed by atoms with Gasteiger partial charge in [0.05, 0.1) is 6.61 Å². The topological polar surface area (TPSA) is 24.5 Å². The van der Waals surface area contributed by atoms with Crippen LogP contribution >= 0.6 is 12.4 Å². The summed E-state index contributed by atoms with van der Waals surface area (Å²) in [7, 11) is 0. The van der Waals surface area contributed by atoms with E-state index in [0.29, 0.717) is 6.04 Å². The van der Waals surface area contributed by atoms with E-state index in [1.54, 1.807) is 0 Å². The molecule has 2 aliphatic rings. The van der Waals surface area contributed by atoms with Crippen LogP contribution in [0.4, 0.5) is 0 Å². The number of hydrogen-bond acceptors (Lipinski definition) is 3. The Morgan fingerprint density at radius 1 is 1.39 bits per heavy atom. The SMILES string of the molecule is CC(C)N1CCCC(CC2NC(C)(C)CO2)C1.Cl. The fourth-order valence-corrected chi connectivity index (χ4v) is 3.02. The van der Waals surface area contributed by atoms with Crippen molar-refractivity contribution < 1.29 is 4.74 Å². The van der Waals surface area contributed by atoms with Crippen LogP contribution in [-0.2, 0) is 4.74 Å². The van der Waals surface area contributed by atoms with Crippen molar-refractivity contribution in [3.05, 3.63) is 0 Å². The first-order valence-corrected chi connectivity index (χ1v) is 7.09. The molecule has 18 heavy (non-hydrogen) atoms. The van der Waals surface area contributed by atoms with Crippen molar-refractivity contribution in [2.45, 2.75) is 64.8 Å². The van der Waals surface area contributed by atoms with Crippen molar-refractivity contribution in [1.29, 1.82) is 0 Å². The Kier molecular flexibility index (Phi) is 5.91. The second-order valence-electron chi connectivity index (χ2n) is 6.66. The highest BCUT2D eigenvalue weighted by atomic mass is 35.5. The zero-order valence-corrected chi connectivity index (χ0v) is 13.1. The molecule has 0 radical (unpaired) electrons. The van der Waals surface area contributed by atoms with Crippen molar-refractivity contribution in [2.75, 3.05) is 19.7 Å². The molecule has 0 amide bonds. The molecule has 3 nitrogen and oxygen atoms in total. The lowest BCUT2D eigenvalue weighted by Crippen LogP contribution is -2.43. The van der Waals surface area contributed by atoms with E-state index in [9.17, 15) is 0 Å². The van der Waals surface area contributed by atoms with E-state index in [0.717, 1.165) is 12.5 Å². The van der Waals surface area contributed by atoms with E-state index in [-0.39, 0.29) is 24.2 Å². The minimum atomic E-state index is 0. The summed E-state index contributed by atoms with van der Waals surface area (Å²) in [5.74, 6) is 0.803. The Labute approximate surface area is 118 Å². The molecule has 2 fully saturated rings. The fourth-order valence-electron chi connectivity index (χ4n) is 3.02. The van der Waals surface area contributed by atoms with Crippen LogP contribution in [0.5, 0.6) is 0 Å². The van der Waals surface area contributed by atoms with Gasteiger partial charge in [0.1, 0.15) is 6.23 Å². The fraction of sp³-hybridized carbons (Fsp3) is 1.00. The first-order chi connectivity index (χ1) is 7.96. The Morgan fingerprint density at radius 2 is 2.11 bits per heavy atom. The highest BCUT2D eigenvalue weighted by Crippen LogP contribution is 2.26. The smallest absolute Gasteiger partial charge is 0.109 e. The number of likely N-dealkylation sites (tertiary alicyclic amines) is 1.